The molecule has 1 aliphatic carbocycles. The number of alkyl halides is 1. The average Bonchev–Trinajstić information content (AvgIpc) is 2.29. The highest BCUT2D eigenvalue weighted by Crippen LogP contribution is 2.45. The largest absolute Gasteiger partial charge is 0.241 e. The molecule has 3 nitrogen and oxygen atoms in total. The van der Waals surface area contributed by atoms with Crippen LogP contribution >= 0.6 is 27.5 Å². The summed E-state index contributed by atoms with van der Waals surface area (Å²) in [6.45, 7) is 3.95. The van der Waals surface area contributed by atoms with Gasteiger partial charge in [-0.3, -0.25) is 0 Å². The molecule has 0 spiro atoms. The molecule has 1 aliphatic rings. The molecule has 0 bridgehead atoms. The first-order valence-electron chi connectivity index (χ1n) is 5.66. The molecule has 0 radical (unpaired) electrons. The first kappa shape index (κ1) is 14.3. The Morgan fingerprint density at radius 2 is 2.00 bits per heavy atom. The van der Waals surface area contributed by atoms with Gasteiger partial charge in [-0.25, -0.2) is 13.1 Å². The highest BCUT2D eigenvalue weighted by atomic mass is 79.9. The van der Waals surface area contributed by atoms with Crippen LogP contribution < -0.4 is 4.72 Å². The molecule has 0 heterocycles. The van der Waals surface area contributed by atoms with Crippen molar-refractivity contribution in [1.29, 1.82) is 0 Å². The van der Waals surface area contributed by atoms with Crippen LogP contribution in [0.4, 0.5) is 0 Å². The number of sulfonamides is 1. The summed E-state index contributed by atoms with van der Waals surface area (Å²) in [7, 11) is -3.50. The number of hydrogen-bond donors (Lipinski definition) is 1. The highest BCUT2D eigenvalue weighted by Gasteiger charge is 2.48. The van der Waals surface area contributed by atoms with Gasteiger partial charge in [0.1, 0.15) is 0 Å². The second kappa shape index (κ2) is 4.78. The second-order valence-electron chi connectivity index (χ2n) is 5.13. The van der Waals surface area contributed by atoms with Gasteiger partial charge < -0.3 is 0 Å². The minimum Gasteiger partial charge on any atom is -0.207 e. The predicted octanol–water partition coefficient (Wildman–Crippen LogP) is 3.13. The molecule has 1 aromatic carbocycles. The van der Waals surface area contributed by atoms with Crippen LogP contribution in [-0.4, -0.2) is 19.8 Å². The van der Waals surface area contributed by atoms with Crippen molar-refractivity contribution in [1.82, 2.24) is 4.72 Å². The Morgan fingerprint density at radius 3 is 2.50 bits per heavy atom. The molecular formula is C12H15BrClNO2S. The topological polar surface area (TPSA) is 46.2 Å². The summed E-state index contributed by atoms with van der Waals surface area (Å²) in [5.74, 6) is 0. The fourth-order valence-electron chi connectivity index (χ4n) is 1.99. The lowest BCUT2D eigenvalue weighted by Crippen LogP contribution is -2.59. The van der Waals surface area contributed by atoms with E-state index in [1.54, 1.807) is 24.3 Å². The first-order chi connectivity index (χ1) is 8.25. The van der Waals surface area contributed by atoms with Crippen LogP contribution in [0.25, 0.3) is 0 Å². The van der Waals surface area contributed by atoms with Crippen LogP contribution in [0, 0.1) is 5.41 Å². The summed E-state index contributed by atoms with van der Waals surface area (Å²) in [4.78, 5) is 0.263. The zero-order valence-corrected chi connectivity index (χ0v) is 13.3. The fraction of sp³-hybridized carbons (Fsp3) is 0.500. The van der Waals surface area contributed by atoms with Crippen molar-refractivity contribution in [2.45, 2.75) is 36.6 Å². The lowest BCUT2D eigenvalue weighted by atomic mass is 9.67. The Bertz CT molecular complexity index is 559. The number of halogens is 2. The van der Waals surface area contributed by atoms with Gasteiger partial charge in [-0.2, -0.15) is 0 Å². The van der Waals surface area contributed by atoms with Crippen LogP contribution in [-0.2, 0) is 10.0 Å². The van der Waals surface area contributed by atoms with Gasteiger partial charge in [0.2, 0.25) is 10.0 Å². The van der Waals surface area contributed by atoms with Gasteiger partial charge in [0.15, 0.2) is 0 Å². The van der Waals surface area contributed by atoms with E-state index in [1.807, 2.05) is 13.8 Å². The van der Waals surface area contributed by atoms with Gasteiger partial charge in [-0.1, -0.05) is 26.0 Å². The molecule has 2 unspecified atom stereocenters. The summed E-state index contributed by atoms with van der Waals surface area (Å²) in [5, 5.41) is 0.0180. The summed E-state index contributed by atoms with van der Waals surface area (Å²) >= 11 is 9.35. The van der Waals surface area contributed by atoms with Crippen LogP contribution in [0.15, 0.2) is 33.6 Å². The van der Waals surface area contributed by atoms with Crippen LogP contribution in [0.3, 0.4) is 0 Å². The first-order valence-corrected chi connectivity index (χ1v) is 8.37. The minimum absolute atomic E-state index is 0.0180. The van der Waals surface area contributed by atoms with E-state index < -0.39 is 10.0 Å². The van der Waals surface area contributed by atoms with Crippen molar-refractivity contribution in [2.24, 2.45) is 5.41 Å². The number of rotatable bonds is 3. The molecule has 0 aromatic heterocycles. The second-order valence-corrected chi connectivity index (χ2v) is 8.19. The number of hydrogen-bond acceptors (Lipinski definition) is 2. The van der Waals surface area contributed by atoms with Crippen LogP contribution in [0.2, 0.25) is 0 Å². The highest BCUT2D eigenvalue weighted by molar-refractivity contribution is 9.10. The Hall–Kier alpha value is -0.100. The van der Waals surface area contributed by atoms with Crippen molar-refractivity contribution in [3.05, 3.63) is 28.7 Å². The third-order valence-electron chi connectivity index (χ3n) is 3.57. The molecule has 1 fully saturated rings. The van der Waals surface area contributed by atoms with Gasteiger partial charge in [0.05, 0.1) is 4.90 Å². The van der Waals surface area contributed by atoms with Gasteiger partial charge >= 0.3 is 0 Å². The lowest BCUT2D eigenvalue weighted by Gasteiger charge is -2.48. The zero-order valence-electron chi connectivity index (χ0n) is 10.2. The summed E-state index contributed by atoms with van der Waals surface area (Å²) < 4.78 is 27.8. The number of benzene rings is 1. The predicted molar refractivity (Wildman–Crippen MR) is 76.3 cm³/mol. The third-order valence-corrected chi connectivity index (χ3v) is 6.80. The van der Waals surface area contributed by atoms with E-state index in [0.29, 0.717) is 10.9 Å². The Labute approximate surface area is 121 Å². The Balaban J connectivity index is 2.22. The maximum atomic E-state index is 12.3. The van der Waals surface area contributed by atoms with Gasteiger partial charge in [-0.15, -0.1) is 11.6 Å². The zero-order chi connectivity index (χ0) is 13.6. The average molecular weight is 353 g/mol. The van der Waals surface area contributed by atoms with E-state index >= 15 is 0 Å². The van der Waals surface area contributed by atoms with Crippen molar-refractivity contribution in [3.8, 4) is 0 Å². The van der Waals surface area contributed by atoms with E-state index in [-0.39, 0.29) is 21.7 Å². The quantitative estimate of drug-likeness (QED) is 0.850. The van der Waals surface area contributed by atoms with Crippen molar-refractivity contribution in [3.63, 3.8) is 0 Å². The van der Waals surface area contributed by atoms with Crippen molar-refractivity contribution in [2.75, 3.05) is 0 Å². The molecule has 2 atom stereocenters. The van der Waals surface area contributed by atoms with Crippen LogP contribution in [0.1, 0.15) is 20.3 Å². The molecule has 1 saturated carbocycles. The Kier molecular flexibility index (Phi) is 3.80. The number of nitrogens with one attached hydrogen (secondary N) is 1. The molecular weight excluding hydrogens is 338 g/mol. The molecule has 2 rings (SSSR count). The summed E-state index contributed by atoms with van der Waals surface area (Å²) in [6, 6.07) is 6.67. The molecule has 0 saturated heterocycles. The molecule has 1 aromatic rings. The van der Waals surface area contributed by atoms with Crippen molar-refractivity contribution < 1.29 is 8.42 Å². The maximum Gasteiger partial charge on any atom is 0.241 e. The van der Waals surface area contributed by atoms with E-state index in [1.165, 1.54) is 0 Å². The lowest BCUT2D eigenvalue weighted by molar-refractivity contribution is 0.137. The van der Waals surface area contributed by atoms with E-state index in [9.17, 15) is 8.42 Å². The molecule has 1 N–H and O–H groups in total. The normalized spacial score (nSPS) is 26.7. The van der Waals surface area contributed by atoms with Crippen LogP contribution in [0.5, 0.6) is 0 Å². The van der Waals surface area contributed by atoms with E-state index in [0.717, 1.165) is 0 Å². The minimum atomic E-state index is -3.50. The molecule has 0 aliphatic heterocycles. The van der Waals surface area contributed by atoms with Gasteiger partial charge in [-0.05, 0) is 39.9 Å². The SMILES string of the molecule is CC1(C)C(Cl)CC1NS(=O)(=O)c1ccccc1Br. The van der Waals surface area contributed by atoms with Gasteiger partial charge in [0.25, 0.3) is 0 Å². The van der Waals surface area contributed by atoms with E-state index in [4.69, 9.17) is 11.6 Å². The molecule has 6 heteroatoms. The summed E-state index contributed by atoms with van der Waals surface area (Å²) in [5.41, 5.74) is -0.212. The molecule has 100 valence electrons. The standard InChI is InChI=1S/C12H15BrClNO2S/c1-12(2)10(14)7-11(12)15-18(16,17)9-6-4-3-5-8(9)13/h3-6,10-11,15H,7H2,1-2H3. The summed E-state index contributed by atoms with van der Waals surface area (Å²) in [6.07, 6.45) is 0.665. The van der Waals surface area contributed by atoms with Gasteiger partial charge in [0, 0.05) is 15.9 Å². The third kappa shape index (κ3) is 2.46. The maximum absolute atomic E-state index is 12.3. The fourth-order valence-corrected chi connectivity index (χ4v) is 4.72. The van der Waals surface area contributed by atoms with E-state index in [2.05, 4.69) is 20.7 Å². The Morgan fingerprint density at radius 1 is 1.39 bits per heavy atom. The monoisotopic (exact) mass is 351 g/mol. The smallest absolute Gasteiger partial charge is 0.207 e. The van der Waals surface area contributed by atoms with Crippen molar-refractivity contribution >= 4 is 37.6 Å². The molecule has 0 amide bonds. The molecule has 18 heavy (non-hydrogen) atoms.